The first-order valence-corrected chi connectivity index (χ1v) is 8.64. The van der Waals surface area contributed by atoms with Crippen molar-refractivity contribution in [3.05, 3.63) is 0 Å². The Morgan fingerprint density at radius 1 is 1.41 bits per heavy atom. The molecule has 1 rings (SSSR count). The zero-order valence-corrected chi connectivity index (χ0v) is 14.1. The Balaban J connectivity index is 2.48. The summed E-state index contributed by atoms with van der Waals surface area (Å²) in [5.74, 6) is 0.473. The maximum atomic E-state index is 12.3. The molecule has 1 saturated carbocycles. The summed E-state index contributed by atoms with van der Waals surface area (Å²) in [5, 5.41) is 21.5. The second-order valence-electron chi connectivity index (χ2n) is 6.36. The molecule has 0 heterocycles. The Hall–Kier alpha value is -1.12. The molecule has 0 radical (unpaired) electrons. The number of nitrogens with zero attached hydrogens (tertiary/aromatic N) is 2. The van der Waals surface area contributed by atoms with Gasteiger partial charge in [-0.25, -0.2) is 0 Å². The average molecular weight is 309 g/mol. The van der Waals surface area contributed by atoms with E-state index in [1.165, 1.54) is 32.1 Å². The van der Waals surface area contributed by atoms with Crippen LogP contribution in [0.25, 0.3) is 0 Å². The van der Waals surface area contributed by atoms with E-state index < -0.39 is 0 Å². The van der Waals surface area contributed by atoms with E-state index in [4.69, 9.17) is 5.26 Å². The third kappa shape index (κ3) is 6.33. The van der Waals surface area contributed by atoms with E-state index in [0.29, 0.717) is 32.0 Å². The summed E-state index contributed by atoms with van der Waals surface area (Å²) in [4.78, 5) is 14.0. The molecule has 1 amide bonds. The lowest BCUT2D eigenvalue weighted by Gasteiger charge is -2.31. The van der Waals surface area contributed by atoms with Crippen molar-refractivity contribution in [1.29, 1.82) is 5.26 Å². The molecule has 0 aromatic carbocycles. The Morgan fingerprint density at radius 2 is 2.09 bits per heavy atom. The zero-order valence-electron chi connectivity index (χ0n) is 14.1. The molecule has 0 unspecified atom stereocenters. The fraction of sp³-hybridized carbons (Fsp3) is 0.882. The quantitative estimate of drug-likeness (QED) is 0.682. The van der Waals surface area contributed by atoms with Gasteiger partial charge < -0.3 is 15.3 Å². The fourth-order valence-corrected chi connectivity index (χ4v) is 3.29. The summed E-state index contributed by atoms with van der Waals surface area (Å²) in [5.41, 5.74) is 0. The Labute approximate surface area is 134 Å². The van der Waals surface area contributed by atoms with Gasteiger partial charge in [0.2, 0.25) is 5.91 Å². The van der Waals surface area contributed by atoms with Crippen LogP contribution >= 0.6 is 0 Å². The number of nitrogens with one attached hydrogen (secondary N) is 1. The van der Waals surface area contributed by atoms with Crippen LogP contribution in [0.1, 0.15) is 52.4 Å². The van der Waals surface area contributed by atoms with Crippen LogP contribution in [0.4, 0.5) is 0 Å². The molecular formula is C17H31N3O2. The van der Waals surface area contributed by atoms with Gasteiger partial charge in [-0.2, -0.15) is 5.26 Å². The SMILES string of the molecule is CCN(C[C@H](C)C#N)C(=O)CN[C@H](CCO)C1CCCCC1. The lowest BCUT2D eigenvalue weighted by Crippen LogP contribution is -2.46. The third-order valence-corrected chi connectivity index (χ3v) is 4.62. The number of carbonyl (C=O) groups excluding carboxylic acids is 1. The molecule has 0 spiro atoms. The average Bonchev–Trinajstić information content (AvgIpc) is 2.56. The van der Waals surface area contributed by atoms with E-state index in [1.54, 1.807) is 4.90 Å². The molecule has 0 aliphatic heterocycles. The summed E-state index contributed by atoms with van der Waals surface area (Å²) in [6.07, 6.45) is 6.89. The maximum Gasteiger partial charge on any atom is 0.236 e. The highest BCUT2D eigenvalue weighted by atomic mass is 16.3. The lowest BCUT2D eigenvalue weighted by atomic mass is 9.83. The topological polar surface area (TPSA) is 76.4 Å². The molecule has 126 valence electrons. The highest BCUT2D eigenvalue weighted by molar-refractivity contribution is 5.78. The van der Waals surface area contributed by atoms with Gasteiger partial charge in [-0.1, -0.05) is 19.3 Å². The molecule has 0 bridgehead atoms. The van der Waals surface area contributed by atoms with Crippen LogP contribution in [0.15, 0.2) is 0 Å². The van der Waals surface area contributed by atoms with Crippen molar-refractivity contribution in [2.24, 2.45) is 11.8 Å². The Morgan fingerprint density at radius 3 is 2.64 bits per heavy atom. The first-order valence-electron chi connectivity index (χ1n) is 8.64. The molecule has 1 aliphatic carbocycles. The predicted molar refractivity (Wildman–Crippen MR) is 87.1 cm³/mol. The number of carbonyl (C=O) groups is 1. The fourth-order valence-electron chi connectivity index (χ4n) is 3.29. The van der Waals surface area contributed by atoms with E-state index in [2.05, 4.69) is 11.4 Å². The van der Waals surface area contributed by atoms with Gasteiger partial charge >= 0.3 is 0 Å². The van der Waals surface area contributed by atoms with E-state index in [-0.39, 0.29) is 24.5 Å². The number of aliphatic hydroxyl groups excluding tert-OH is 1. The van der Waals surface area contributed by atoms with E-state index >= 15 is 0 Å². The second-order valence-corrected chi connectivity index (χ2v) is 6.36. The zero-order chi connectivity index (χ0) is 16.4. The van der Waals surface area contributed by atoms with Crippen molar-refractivity contribution in [3.8, 4) is 6.07 Å². The number of nitriles is 1. The van der Waals surface area contributed by atoms with E-state index in [1.807, 2.05) is 13.8 Å². The van der Waals surface area contributed by atoms with Crippen LogP contribution < -0.4 is 5.32 Å². The van der Waals surface area contributed by atoms with Gasteiger partial charge in [-0.15, -0.1) is 0 Å². The minimum absolute atomic E-state index is 0.0448. The Kier molecular flexibility index (Phi) is 9.10. The first kappa shape index (κ1) is 18.9. The highest BCUT2D eigenvalue weighted by Gasteiger charge is 2.24. The van der Waals surface area contributed by atoms with Crippen molar-refractivity contribution in [2.75, 3.05) is 26.2 Å². The molecule has 5 heteroatoms. The summed E-state index contributed by atoms with van der Waals surface area (Å²) in [6, 6.07) is 2.40. The molecule has 5 nitrogen and oxygen atoms in total. The van der Waals surface area contributed by atoms with Crippen molar-refractivity contribution < 1.29 is 9.90 Å². The molecular weight excluding hydrogens is 278 g/mol. The molecule has 1 aliphatic rings. The van der Waals surface area contributed by atoms with E-state index in [0.717, 1.165) is 0 Å². The normalized spacial score (nSPS) is 18.5. The van der Waals surface area contributed by atoms with Crippen LogP contribution in [0.2, 0.25) is 0 Å². The Bertz CT molecular complexity index is 361. The van der Waals surface area contributed by atoms with Gasteiger partial charge in [0.15, 0.2) is 0 Å². The van der Waals surface area contributed by atoms with Gasteiger partial charge in [-0.3, -0.25) is 4.79 Å². The molecule has 0 aromatic heterocycles. The van der Waals surface area contributed by atoms with Gasteiger partial charge in [0.1, 0.15) is 0 Å². The smallest absolute Gasteiger partial charge is 0.236 e. The number of hydrogen-bond acceptors (Lipinski definition) is 4. The number of amides is 1. The van der Waals surface area contributed by atoms with Crippen LogP contribution in [0.3, 0.4) is 0 Å². The molecule has 2 N–H and O–H groups in total. The van der Waals surface area contributed by atoms with Gasteiger partial charge in [-0.05, 0) is 39.0 Å². The minimum atomic E-state index is -0.143. The number of hydrogen-bond donors (Lipinski definition) is 2. The van der Waals surface area contributed by atoms with Crippen molar-refractivity contribution in [1.82, 2.24) is 10.2 Å². The maximum absolute atomic E-state index is 12.3. The van der Waals surface area contributed by atoms with Gasteiger partial charge in [0, 0.05) is 25.7 Å². The van der Waals surface area contributed by atoms with Gasteiger partial charge in [0.25, 0.3) is 0 Å². The largest absolute Gasteiger partial charge is 0.396 e. The molecule has 1 fully saturated rings. The van der Waals surface area contributed by atoms with Crippen LogP contribution in [-0.2, 0) is 4.79 Å². The van der Waals surface area contributed by atoms with Crippen molar-refractivity contribution >= 4 is 5.91 Å². The molecule has 2 atom stereocenters. The number of likely N-dealkylation sites (N-methyl/N-ethyl adjacent to an activating group) is 1. The molecule has 22 heavy (non-hydrogen) atoms. The summed E-state index contributed by atoms with van der Waals surface area (Å²) in [6.45, 7) is 5.34. The summed E-state index contributed by atoms with van der Waals surface area (Å²) < 4.78 is 0. The highest BCUT2D eigenvalue weighted by Crippen LogP contribution is 2.27. The minimum Gasteiger partial charge on any atom is -0.396 e. The van der Waals surface area contributed by atoms with Crippen molar-refractivity contribution in [3.63, 3.8) is 0 Å². The number of aliphatic hydroxyl groups is 1. The van der Waals surface area contributed by atoms with E-state index in [9.17, 15) is 9.90 Å². The standard InChI is InChI=1S/C17H31N3O2/c1-3-20(13-14(2)11-18)17(22)12-19-16(9-10-21)15-7-5-4-6-8-15/h14-16,19,21H,3-10,12-13H2,1-2H3/t14-,16-/m1/s1. The molecule has 0 saturated heterocycles. The van der Waals surface area contributed by atoms with Gasteiger partial charge in [0.05, 0.1) is 18.5 Å². The summed E-state index contributed by atoms with van der Waals surface area (Å²) in [7, 11) is 0. The number of rotatable bonds is 9. The first-order chi connectivity index (χ1) is 10.6. The molecule has 0 aromatic rings. The predicted octanol–water partition coefficient (Wildman–Crippen LogP) is 1.92. The summed E-state index contributed by atoms with van der Waals surface area (Å²) >= 11 is 0. The second kappa shape index (κ2) is 10.6. The van der Waals surface area contributed by atoms with Crippen molar-refractivity contribution in [2.45, 2.75) is 58.4 Å². The van der Waals surface area contributed by atoms with Crippen LogP contribution in [0.5, 0.6) is 0 Å². The monoisotopic (exact) mass is 309 g/mol. The van der Waals surface area contributed by atoms with Crippen LogP contribution in [0, 0.1) is 23.2 Å². The third-order valence-electron chi connectivity index (χ3n) is 4.62. The lowest BCUT2D eigenvalue weighted by molar-refractivity contribution is -0.130. The van der Waals surface area contributed by atoms with Crippen LogP contribution in [-0.4, -0.2) is 48.2 Å².